The molecule has 0 radical (unpaired) electrons. The van der Waals surface area contributed by atoms with Crippen LogP contribution < -0.4 is 9.80 Å². The minimum atomic E-state index is -0.368. The van der Waals surface area contributed by atoms with Crippen molar-refractivity contribution in [2.75, 3.05) is 75.9 Å². The second-order valence-electron chi connectivity index (χ2n) is 7.20. The summed E-state index contributed by atoms with van der Waals surface area (Å²) < 4.78 is 25.8. The van der Waals surface area contributed by atoms with Gasteiger partial charge in [0.2, 0.25) is 5.95 Å². The van der Waals surface area contributed by atoms with E-state index in [1.54, 1.807) is 0 Å². The van der Waals surface area contributed by atoms with Crippen LogP contribution in [0.4, 0.5) is 16.2 Å². The molecule has 3 saturated heterocycles. The van der Waals surface area contributed by atoms with Crippen molar-refractivity contribution in [3.63, 3.8) is 0 Å². The van der Waals surface area contributed by atoms with Gasteiger partial charge in [0.1, 0.15) is 0 Å². The molecule has 1 aromatic rings. The number of nitrogens with zero attached hydrogens (tertiary/aromatic N) is 5. The van der Waals surface area contributed by atoms with Gasteiger partial charge in [0.05, 0.1) is 38.2 Å². The molecule has 0 saturated carbocycles. The average Bonchev–Trinajstić information content (AvgIpc) is 2.66. The Morgan fingerprint density at radius 2 is 1.76 bits per heavy atom. The minimum Gasteiger partial charge on any atom is -0.378 e. The molecular formula is C17H26FN5O2. The third-order valence-electron chi connectivity index (χ3n) is 5.45. The lowest BCUT2D eigenvalue weighted by Gasteiger charge is -2.46. The van der Waals surface area contributed by atoms with E-state index >= 15 is 0 Å². The van der Waals surface area contributed by atoms with Gasteiger partial charge in [-0.25, -0.2) is 9.37 Å². The third kappa shape index (κ3) is 3.56. The summed E-state index contributed by atoms with van der Waals surface area (Å²) in [6.45, 7) is 6.78. The molecule has 4 rings (SSSR count). The summed E-state index contributed by atoms with van der Waals surface area (Å²) >= 11 is 0. The molecule has 25 heavy (non-hydrogen) atoms. The van der Waals surface area contributed by atoms with Gasteiger partial charge in [0.15, 0.2) is 11.6 Å². The van der Waals surface area contributed by atoms with Crippen molar-refractivity contribution >= 4 is 11.8 Å². The SMILES string of the molecule is CN1CCC2(CC1)CN(c1ncc(F)c(N3CCOCC3)n1)CCO2. The summed E-state index contributed by atoms with van der Waals surface area (Å²) in [4.78, 5) is 15.2. The molecule has 8 heteroatoms. The summed E-state index contributed by atoms with van der Waals surface area (Å²) in [6, 6.07) is 0. The monoisotopic (exact) mass is 351 g/mol. The molecular weight excluding hydrogens is 325 g/mol. The zero-order chi connectivity index (χ0) is 17.3. The highest BCUT2D eigenvalue weighted by molar-refractivity contribution is 5.45. The first-order valence-corrected chi connectivity index (χ1v) is 9.08. The number of anilines is 2. The Hall–Kier alpha value is -1.51. The summed E-state index contributed by atoms with van der Waals surface area (Å²) in [5, 5.41) is 0. The molecule has 0 atom stereocenters. The summed E-state index contributed by atoms with van der Waals surface area (Å²) in [5.74, 6) is 0.620. The van der Waals surface area contributed by atoms with Crippen molar-refractivity contribution in [3.05, 3.63) is 12.0 Å². The molecule has 3 fully saturated rings. The summed E-state index contributed by atoms with van der Waals surface area (Å²) in [5.41, 5.74) is -0.123. The Bertz CT molecular complexity index is 603. The highest BCUT2D eigenvalue weighted by Crippen LogP contribution is 2.31. The van der Waals surface area contributed by atoms with Crippen LogP contribution in [0, 0.1) is 5.82 Å². The van der Waals surface area contributed by atoms with Crippen molar-refractivity contribution in [2.24, 2.45) is 0 Å². The van der Waals surface area contributed by atoms with Crippen LogP contribution in [0.15, 0.2) is 6.20 Å². The molecule has 7 nitrogen and oxygen atoms in total. The van der Waals surface area contributed by atoms with E-state index in [0.717, 1.165) is 39.0 Å². The average molecular weight is 351 g/mol. The van der Waals surface area contributed by atoms with E-state index in [1.807, 2.05) is 4.90 Å². The zero-order valence-electron chi connectivity index (χ0n) is 14.8. The number of piperidine rings is 1. The molecule has 1 aromatic heterocycles. The van der Waals surface area contributed by atoms with Gasteiger partial charge in [-0.1, -0.05) is 0 Å². The van der Waals surface area contributed by atoms with E-state index in [0.29, 0.717) is 44.7 Å². The molecule has 0 N–H and O–H groups in total. The second kappa shape index (κ2) is 7.01. The molecule has 0 aromatic carbocycles. The van der Waals surface area contributed by atoms with Crippen molar-refractivity contribution in [3.8, 4) is 0 Å². The fraction of sp³-hybridized carbons (Fsp3) is 0.765. The standard InChI is InChI=1S/C17H26FN5O2/c1-21-4-2-17(3-5-21)13-23(8-11-25-17)16-19-12-14(18)15(20-16)22-6-9-24-10-7-22/h12H,2-11,13H2,1H3. The smallest absolute Gasteiger partial charge is 0.227 e. The lowest BCUT2D eigenvalue weighted by Crippen LogP contribution is -2.56. The van der Waals surface area contributed by atoms with E-state index in [2.05, 4.69) is 26.8 Å². The summed E-state index contributed by atoms with van der Waals surface area (Å²) in [7, 11) is 2.14. The number of morpholine rings is 2. The van der Waals surface area contributed by atoms with Crippen LogP contribution in [0.25, 0.3) is 0 Å². The number of aromatic nitrogens is 2. The van der Waals surface area contributed by atoms with Crippen LogP contribution in [-0.4, -0.2) is 86.6 Å². The number of likely N-dealkylation sites (tertiary alicyclic amines) is 1. The topological polar surface area (TPSA) is 54.0 Å². The Morgan fingerprint density at radius 3 is 2.52 bits per heavy atom. The summed E-state index contributed by atoms with van der Waals surface area (Å²) in [6.07, 6.45) is 3.32. The van der Waals surface area contributed by atoms with E-state index in [9.17, 15) is 4.39 Å². The minimum absolute atomic E-state index is 0.123. The van der Waals surface area contributed by atoms with Crippen LogP contribution >= 0.6 is 0 Å². The number of hydrogen-bond donors (Lipinski definition) is 0. The van der Waals surface area contributed by atoms with Crippen molar-refractivity contribution in [1.29, 1.82) is 0 Å². The van der Waals surface area contributed by atoms with Crippen molar-refractivity contribution in [2.45, 2.75) is 18.4 Å². The van der Waals surface area contributed by atoms with Crippen molar-refractivity contribution in [1.82, 2.24) is 14.9 Å². The molecule has 0 bridgehead atoms. The fourth-order valence-corrected chi connectivity index (χ4v) is 3.84. The van der Waals surface area contributed by atoms with Gasteiger partial charge in [0, 0.05) is 32.7 Å². The largest absolute Gasteiger partial charge is 0.378 e. The first kappa shape index (κ1) is 16.9. The third-order valence-corrected chi connectivity index (χ3v) is 5.45. The van der Waals surface area contributed by atoms with Crippen LogP contribution in [0.3, 0.4) is 0 Å². The Kier molecular flexibility index (Phi) is 4.75. The van der Waals surface area contributed by atoms with Gasteiger partial charge < -0.3 is 24.2 Å². The maximum Gasteiger partial charge on any atom is 0.227 e. The van der Waals surface area contributed by atoms with Gasteiger partial charge in [-0.2, -0.15) is 4.98 Å². The highest BCUT2D eigenvalue weighted by Gasteiger charge is 2.40. The lowest BCUT2D eigenvalue weighted by molar-refractivity contribution is -0.0886. The molecule has 1 spiro atoms. The van der Waals surface area contributed by atoms with Crippen LogP contribution in [0.5, 0.6) is 0 Å². The Balaban J connectivity index is 1.52. The van der Waals surface area contributed by atoms with Gasteiger partial charge in [-0.15, -0.1) is 0 Å². The number of hydrogen-bond acceptors (Lipinski definition) is 7. The van der Waals surface area contributed by atoms with Crippen LogP contribution in [-0.2, 0) is 9.47 Å². The maximum atomic E-state index is 14.3. The van der Waals surface area contributed by atoms with Gasteiger partial charge in [-0.3, -0.25) is 0 Å². The Labute approximate surface area is 147 Å². The van der Waals surface area contributed by atoms with Gasteiger partial charge in [-0.05, 0) is 19.9 Å². The van der Waals surface area contributed by atoms with E-state index in [-0.39, 0.29) is 11.4 Å². The van der Waals surface area contributed by atoms with Crippen molar-refractivity contribution < 1.29 is 13.9 Å². The number of rotatable bonds is 2. The first-order chi connectivity index (χ1) is 12.2. The molecule has 4 heterocycles. The molecule has 0 unspecified atom stereocenters. The van der Waals surface area contributed by atoms with E-state index < -0.39 is 0 Å². The maximum absolute atomic E-state index is 14.3. The predicted molar refractivity (Wildman–Crippen MR) is 92.6 cm³/mol. The highest BCUT2D eigenvalue weighted by atomic mass is 19.1. The lowest BCUT2D eigenvalue weighted by atomic mass is 9.89. The fourth-order valence-electron chi connectivity index (χ4n) is 3.84. The predicted octanol–water partition coefficient (Wildman–Crippen LogP) is 0.753. The molecule has 3 aliphatic heterocycles. The molecule has 138 valence electrons. The Morgan fingerprint density at radius 1 is 1.04 bits per heavy atom. The van der Waals surface area contributed by atoms with Gasteiger partial charge in [0.25, 0.3) is 0 Å². The number of halogens is 1. The van der Waals surface area contributed by atoms with Gasteiger partial charge >= 0.3 is 0 Å². The molecule has 0 aliphatic carbocycles. The number of ether oxygens (including phenoxy) is 2. The normalized spacial score (nSPS) is 24.7. The van der Waals surface area contributed by atoms with Crippen LogP contribution in [0.2, 0.25) is 0 Å². The molecule has 0 amide bonds. The second-order valence-corrected chi connectivity index (χ2v) is 7.20. The van der Waals surface area contributed by atoms with E-state index in [1.165, 1.54) is 6.20 Å². The quantitative estimate of drug-likeness (QED) is 0.779. The zero-order valence-corrected chi connectivity index (χ0v) is 14.8. The van der Waals surface area contributed by atoms with Crippen LogP contribution in [0.1, 0.15) is 12.8 Å². The molecule has 3 aliphatic rings. The first-order valence-electron chi connectivity index (χ1n) is 9.08. The van der Waals surface area contributed by atoms with E-state index in [4.69, 9.17) is 9.47 Å².